The normalized spacial score (nSPS) is 15.9. The maximum atomic E-state index is 12.1. The van der Waals surface area contributed by atoms with Gasteiger partial charge in [0.05, 0.1) is 12.1 Å². The van der Waals surface area contributed by atoms with Crippen molar-refractivity contribution in [1.82, 2.24) is 9.88 Å². The molecule has 2 heterocycles. The number of carbonyl (C=O) groups excluding carboxylic acids is 1. The third-order valence-electron chi connectivity index (χ3n) is 4.72. The Morgan fingerprint density at radius 1 is 1.21 bits per heavy atom. The number of amides is 1. The molecule has 0 aliphatic carbocycles. The number of aromatic nitrogens is 1. The number of rotatable bonds is 4. The molecule has 1 amide bonds. The number of hydrogen-bond donors (Lipinski definition) is 0. The van der Waals surface area contributed by atoms with Gasteiger partial charge in [0.2, 0.25) is 5.91 Å². The molecule has 7 heteroatoms. The lowest BCUT2D eigenvalue weighted by Crippen LogP contribution is -2.31. The van der Waals surface area contributed by atoms with Crippen LogP contribution >= 0.6 is 11.6 Å². The highest BCUT2D eigenvalue weighted by molar-refractivity contribution is 6.30. The van der Waals surface area contributed by atoms with Gasteiger partial charge in [-0.2, -0.15) is 5.26 Å². The third kappa shape index (κ3) is 4.55. The molecule has 1 saturated heterocycles. The van der Waals surface area contributed by atoms with Crippen LogP contribution < -0.4 is 9.80 Å². The fourth-order valence-electron chi connectivity index (χ4n) is 3.20. The van der Waals surface area contributed by atoms with Crippen LogP contribution in [0.2, 0.25) is 5.15 Å². The molecule has 0 saturated carbocycles. The summed E-state index contributed by atoms with van der Waals surface area (Å²) in [6, 6.07) is 11.0. The maximum absolute atomic E-state index is 12.1. The van der Waals surface area contributed by atoms with Crippen molar-refractivity contribution in [1.29, 1.82) is 5.26 Å². The molecule has 1 aliphatic rings. The van der Waals surface area contributed by atoms with E-state index in [-0.39, 0.29) is 5.15 Å². The summed E-state index contributed by atoms with van der Waals surface area (Å²) in [5, 5.41) is 9.64. The van der Waals surface area contributed by atoms with E-state index in [1.807, 2.05) is 18.2 Å². The van der Waals surface area contributed by atoms with Crippen molar-refractivity contribution in [3.8, 4) is 6.07 Å². The molecular weight excluding hydrogens is 374 g/mol. The molecule has 3 rings (SSSR count). The number of pyridine rings is 1. The Morgan fingerprint density at radius 3 is 2.57 bits per heavy atom. The van der Waals surface area contributed by atoms with Crippen molar-refractivity contribution in [2.45, 2.75) is 12.8 Å². The first-order chi connectivity index (χ1) is 14.3. The van der Waals surface area contributed by atoms with Gasteiger partial charge in [-0.05, 0) is 30.2 Å². The molecule has 0 radical (unpaired) electrons. The van der Waals surface area contributed by atoms with Gasteiger partial charge in [-0.3, -0.25) is 4.79 Å². The SMILES string of the molecule is [2H]C([2H])(C(=O)N(C)C)c1ccc(N2CCCN(c3ccnc(Cl)c3C#N)CC2)cc1. The predicted octanol–water partition coefficient (Wildman–Crippen LogP) is 2.95. The number of halogens is 1. The molecule has 0 bridgehead atoms. The minimum Gasteiger partial charge on any atom is -0.370 e. The van der Waals surface area contributed by atoms with E-state index in [4.69, 9.17) is 14.3 Å². The Morgan fingerprint density at radius 2 is 1.89 bits per heavy atom. The van der Waals surface area contributed by atoms with E-state index in [1.54, 1.807) is 32.4 Å². The molecule has 0 atom stereocenters. The third-order valence-corrected chi connectivity index (χ3v) is 5.01. The Bertz CT molecular complexity index is 959. The average molecular weight is 400 g/mol. The topological polar surface area (TPSA) is 63.5 Å². The van der Waals surface area contributed by atoms with Crippen LogP contribution in [0.1, 0.15) is 20.3 Å². The number of hydrogen-bond acceptors (Lipinski definition) is 5. The number of likely N-dealkylation sites (N-methyl/N-ethyl adjacent to an activating group) is 1. The second-order valence-electron chi connectivity index (χ2n) is 6.81. The van der Waals surface area contributed by atoms with Crippen molar-refractivity contribution >= 4 is 28.9 Å². The van der Waals surface area contributed by atoms with Gasteiger partial charge in [0.1, 0.15) is 16.8 Å². The van der Waals surface area contributed by atoms with Gasteiger partial charge in [0.25, 0.3) is 0 Å². The van der Waals surface area contributed by atoms with Gasteiger partial charge in [-0.25, -0.2) is 4.98 Å². The number of benzene rings is 1. The molecule has 146 valence electrons. The lowest BCUT2D eigenvalue weighted by Gasteiger charge is -2.25. The summed E-state index contributed by atoms with van der Waals surface area (Å²) in [7, 11) is 3.09. The summed E-state index contributed by atoms with van der Waals surface area (Å²) in [5.74, 6) is -0.579. The summed E-state index contributed by atoms with van der Waals surface area (Å²) in [6.45, 7) is 3.09. The predicted molar refractivity (Wildman–Crippen MR) is 112 cm³/mol. The molecular formula is C21H24ClN5O. The smallest absolute Gasteiger partial charge is 0.226 e. The summed E-state index contributed by atoms with van der Waals surface area (Å²) >= 11 is 6.08. The quantitative estimate of drug-likeness (QED) is 0.739. The monoisotopic (exact) mass is 399 g/mol. The largest absolute Gasteiger partial charge is 0.370 e. The van der Waals surface area contributed by atoms with Crippen LogP contribution in [0.4, 0.5) is 11.4 Å². The van der Waals surface area contributed by atoms with Crippen LogP contribution in [0.15, 0.2) is 36.5 Å². The lowest BCUT2D eigenvalue weighted by molar-refractivity contribution is -0.127. The molecule has 28 heavy (non-hydrogen) atoms. The van der Waals surface area contributed by atoms with Crippen LogP contribution in [0, 0.1) is 11.3 Å². The van der Waals surface area contributed by atoms with E-state index in [0.29, 0.717) is 11.1 Å². The van der Waals surface area contributed by atoms with Gasteiger partial charge >= 0.3 is 0 Å². The fraction of sp³-hybridized carbons (Fsp3) is 0.381. The lowest BCUT2D eigenvalue weighted by atomic mass is 10.1. The summed E-state index contributed by atoms with van der Waals surface area (Å²) < 4.78 is 16.3. The van der Waals surface area contributed by atoms with Gasteiger partial charge in [-0.1, -0.05) is 23.7 Å². The van der Waals surface area contributed by atoms with Gasteiger partial charge in [-0.15, -0.1) is 0 Å². The van der Waals surface area contributed by atoms with Crippen LogP contribution in [0.3, 0.4) is 0 Å². The van der Waals surface area contributed by atoms with E-state index < -0.39 is 12.3 Å². The second kappa shape index (κ2) is 8.94. The zero-order chi connectivity index (χ0) is 21.9. The minimum absolute atomic E-state index is 0.216. The first-order valence-electron chi connectivity index (χ1n) is 10.1. The van der Waals surface area contributed by atoms with E-state index in [9.17, 15) is 10.1 Å². The Balaban J connectivity index is 1.74. The molecule has 1 aliphatic heterocycles. The molecule has 0 spiro atoms. The van der Waals surface area contributed by atoms with Gasteiger partial charge in [0, 0.05) is 54.9 Å². The maximum Gasteiger partial charge on any atom is 0.226 e. The van der Waals surface area contributed by atoms with E-state index in [0.717, 1.165) is 44.0 Å². The minimum atomic E-state index is -2.06. The van der Waals surface area contributed by atoms with Gasteiger partial charge < -0.3 is 14.7 Å². The summed E-state index contributed by atoms with van der Waals surface area (Å²) in [5.41, 5.74) is 2.50. The van der Waals surface area contributed by atoms with E-state index >= 15 is 0 Å². The van der Waals surface area contributed by atoms with Crippen molar-refractivity contribution in [3.63, 3.8) is 0 Å². The summed E-state index contributed by atoms with van der Waals surface area (Å²) in [4.78, 5) is 21.8. The number of carbonyl (C=O) groups is 1. The van der Waals surface area contributed by atoms with Crippen molar-refractivity contribution < 1.29 is 7.54 Å². The number of anilines is 2. The Labute approximate surface area is 173 Å². The highest BCUT2D eigenvalue weighted by Crippen LogP contribution is 2.27. The zero-order valence-electron chi connectivity index (χ0n) is 18.0. The first-order valence-corrected chi connectivity index (χ1v) is 9.50. The highest BCUT2D eigenvalue weighted by atomic mass is 35.5. The van der Waals surface area contributed by atoms with Crippen LogP contribution in [-0.2, 0) is 11.2 Å². The molecule has 1 aromatic carbocycles. The first kappa shape index (κ1) is 17.3. The molecule has 2 aromatic rings. The fourth-order valence-corrected chi connectivity index (χ4v) is 3.40. The number of nitrogens with zero attached hydrogens (tertiary/aromatic N) is 5. The summed E-state index contributed by atoms with van der Waals surface area (Å²) in [6.07, 6.45) is 0.446. The molecule has 1 aromatic heterocycles. The molecule has 0 unspecified atom stereocenters. The van der Waals surface area contributed by atoms with E-state index in [1.165, 1.54) is 4.90 Å². The van der Waals surface area contributed by atoms with Crippen LogP contribution in [0.5, 0.6) is 0 Å². The average Bonchev–Trinajstić information content (AvgIpc) is 2.99. The van der Waals surface area contributed by atoms with Crippen LogP contribution in [0.25, 0.3) is 0 Å². The molecule has 1 fully saturated rings. The molecule has 6 nitrogen and oxygen atoms in total. The Hall–Kier alpha value is -2.78. The van der Waals surface area contributed by atoms with Gasteiger partial charge in [0.15, 0.2) is 0 Å². The standard InChI is InChI=1S/C21H24ClN5O/c1-25(2)20(28)14-16-4-6-17(7-5-16)26-10-3-11-27(13-12-26)19-8-9-24-21(22)18(19)15-23/h4-9H,3,10-14H2,1-2H3/i14D2. The zero-order valence-corrected chi connectivity index (χ0v) is 16.8. The van der Waals surface area contributed by atoms with Crippen LogP contribution in [-0.4, -0.2) is 56.1 Å². The van der Waals surface area contributed by atoms with Crippen molar-refractivity contribution in [3.05, 3.63) is 52.8 Å². The van der Waals surface area contributed by atoms with Crippen molar-refractivity contribution in [2.75, 3.05) is 50.1 Å². The Kier molecular flexibility index (Phi) is 5.53. The van der Waals surface area contributed by atoms with Crippen molar-refractivity contribution in [2.24, 2.45) is 0 Å². The molecule has 0 N–H and O–H groups in total. The highest BCUT2D eigenvalue weighted by Gasteiger charge is 2.19. The van der Waals surface area contributed by atoms with E-state index in [2.05, 4.69) is 20.9 Å². The second-order valence-corrected chi connectivity index (χ2v) is 7.16. The number of nitriles is 1.